The van der Waals surface area contributed by atoms with Crippen LogP contribution in [0.4, 0.5) is 0 Å². The maximum absolute atomic E-state index is 13.3. The van der Waals surface area contributed by atoms with E-state index in [-0.39, 0.29) is 17.5 Å². The SMILES string of the molecule is CCC.CCC1CC1.C\C=C/C=c1/c(C/C(C)=C\CC)c2n(/c1=C\CCC)C(C(=O)C1CCC1)C(=O)CC2. The molecule has 1 aliphatic heterocycles. The average Bonchev–Trinajstić information content (AvgIpc) is 3.65. The first kappa shape index (κ1) is 32.1. The smallest absolute Gasteiger partial charge is 0.166 e. The standard InChI is InChI=1S/C27H37NO2.C5H10.C3H8/c1-5-8-14-21-22(18-19(4)11-7-3)24-16-17-25(29)26(27(30)20-12-10-13-20)28(24)23(21)15-9-6-2;1-2-5-3-4-5;1-3-2/h5,8,11,14-15,20,26H,6-7,9-10,12-13,16-18H2,1-4H3;5H,2-4H2,1H3;3H2,1-2H3/b8-5-,19-11-,21-14-,23-15-;;. The normalized spacial score (nSPS) is 20.4. The minimum atomic E-state index is -0.621. The number of aromatic nitrogens is 1. The number of Topliss-reactive ketones (excluding diaryl/α,β-unsaturated/α-hetero) is 2. The predicted molar refractivity (Wildman–Crippen MR) is 164 cm³/mol. The Morgan fingerprint density at radius 2 is 1.71 bits per heavy atom. The quantitative estimate of drug-likeness (QED) is 0.244. The van der Waals surface area contributed by atoms with E-state index in [1.807, 2.05) is 13.0 Å². The second-order valence-electron chi connectivity index (χ2n) is 11.4. The molecule has 2 aliphatic carbocycles. The maximum Gasteiger partial charge on any atom is 0.166 e. The van der Waals surface area contributed by atoms with Crippen molar-refractivity contribution in [3.8, 4) is 0 Å². The third-order valence-corrected chi connectivity index (χ3v) is 7.81. The van der Waals surface area contributed by atoms with Gasteiger partial charge in [-0.05, 0) is 63.9 Å². The van der Waals surface area contributed by atoms with E-state index < -0.39 is 6.04 Å². The fourth-order valence-electron chi connectivity index (χ4n) is 5.31. The molecule has 0 bridgehead atoms. The van der Waals surface area contributed by atoms with Gasteiger partial charge in [0.1, 0.15) is 0 Å². The highest BCUT2D eigenvalue weighted by Crippen LogP contribution is 2.34. The van der Waals surface area contributed by atoms with Gasteiger partial charge in [-0.2, -0.15) is 0 Å². The zero-order valence-corrected chi connectivity index (χ0v) is 25.6. The number of unbranched alkanes of at least 4 members (excludes halogenated alkanes) is 1. The highest BCUT2D eigenvalue weighted by molar-refractivity contribution is 6.06. The van der Waals surface area contributed by atoms with E-state index in [9.17, 15) is 9.59 Å². The lowest BCUT2D eigenvalue weighted by Crippen LogP contribution is -2.44. The zero-order valence-electron chi connectivity index (χ0n) is 25.6. The number of nitrogens with zero attached hydrogens (tertiary/aromatic N) is 1. The number of ketones is 2. The van der Waals surface area contributed by atoms with Gasteiger partial charge >= 0.3 is 0 Å². The number of fused-ring (bicyclic) bond motifs is 1. The second-order valence-corrected chi connectivity index (χ2v) is 11.4. The van der Waals surface area contributed by atoms with Crippen molar-refractivity contribution in [3.05, 3.63) is 45.6 Å². The second kappa shape index (κ2) is 16.7. The van der Waals surface area contributed by atoms with E-state index in [1.54, 1.807) is 0 Å². The molecular formula is C35H55NO2. The summed E-state index contributed by atoms with van der Waals surface area (Å²) in [6, 6.07) is -0.621. The van der Waals surface area contributed by atoms with Crippen LogP contribution in [0.3, 0.4) is 0 Å². The molecule has 2 saturated carbocycles. The lowest BCUT2D eigenvalue weighted by atomic mass is 9.78. The average molecular weight is 522 g/mol. The Labute approximate surface area is 233 Å². The van der Waals surface area contributed by atoms with Crippen LogP contribution in [0.1, 0.15) is 136 Å². The zero-order chi connectivity index (χ0) is 28.1. The molecule has 2 heterocycles. The number of hydrogen-bond donors (Lipinski definition) is 0. The number of carbonyl (C=O) groups is 2. The number of allylic oxidation sites excluding steroid dienone is 4. The fourth-order valence-corrected chi connectivity index (χ4v) is 5.31. The van der Waals surface area contributed by atoms with Crippen molar-refractivity contribution in [3.63, 3.8) is 0 Å². The Kier molecular flexibility index (Phi) is 14.1. The molecule has 1 aromatic heterocycles. The summed E-state index contributed by atoms with van der Waals surface area (Å²) < 4.78 is 2.14. The summed E-state index contributed by atoms with van der Waals surface area (Å²) >= 11 is 0. The Morgan fingerprint density at radius 1 is 1.03 bits per heavy atom. The van der Waals surface area contributed by atoms with Gasteiger partial charge in [-0.15, -0.1) is 0 Å². The summed E-state index contributed by atoms with van der Waals surface area (Å²) in [5, 5.41) is 2.27. The van der Waals surface area contributed by atoms with Crippen molar-refractivity contribution in [2.75, 3.05) is 0 Å². The summed E-state index contributed by atoms with van der Waals surface area (Å²) in [6.45, 7) is 15.1. The first-order valence-corrected chi connectivity index (χ1v) is 15.6. The molecular weight excluding hydrogens is 466 g/mol. The molecule has 1 unspecified atom stereocenters. The van der Waals surface area contributed by atoms with Crippen LogP contribution in [0.15, 0.2) is 23.8 Å². The molecule has 3 heteroatoms. The van der Waals surface area contributed by atoms with Gasteiger partial charge in [0.2, 0.25) is 0 Å². The first-order chi connectivity index (χ1) is 18.4. The van der Waals surface area contributed by atoms with E-state index in [1.165, 1.54) is 47.7 Å². The van der Waals surface area contributed by atoms with Crippen LogP contribution in [0, 0.1) is 11.8 Å². The minimum absolute atomic E-state index is 0.0689. The highest BCUT2D eigenvalue weighted by atomic mass is 16.2. The maximum atomic E-state index is 13.3. The van der Waals surface area contributed by atoms with E-state index in [0.29, 0.717) is 6.42 Å². The molecule has 212 valence electrons. The van der Waals surface area contributed by atoms with Gasteiger partial charge < -0.3 is 4.57 Å². The Bertz CT molecular complexity index is 1080. The van der Waals surface area contributed by atoms with Gasteiger partial charge in [-0.3, -0.25) is 9.59 Å². The van der Waals surface area contributed by atoms with Crippen molar-refractivity contribution < 1.29 is 9.59 Å². The van der Waals surface area contributed by atoms with E-state index in [2.05, 4.69) is 70.4 Å². The summed E-state index contributed by atoms with van der Waals surface area (Å²) in [4.78, 5) is 26.4. The molecule has 0 N–H and O–H groups in total. The Morgan fingerprint density at radius 3 is 2.18 bits per heavy atom. The lowest BCUT2D eigenvalue weighted by molar-refractivity contribution is -0.136. The van der Waals surface area contributed by atoms with Crippen molar-refractivity contribution in [2.45, 2.75) is 138 Å². The van der Waals surface area contributed by atoms with E-state index in [4.69, 9.17) is 0 Å². The van der Waals surface area contributed by atoms with Gasteiger partial charge in [0.05, 0.1) is 0 Å². The Hall–Kier alpha value is -2.16. The molecule has 4 rings (SSSR count). The first-order valence-electron chi connectivity index (χ1n) is 15.6. The minimum Gasteiger partial charge on any atom is -0.327 e. The molecule has 0 aromatic carbocycles. The fraction of sp³-hybridized carbons (Fsp3) is 0.657. The van der Waals surface area contributed by atoms with Gasteiger partial charge in [0.25, 0.3) is 0 Å². The van der Waals surface area contributed by atoms with Crippen molar-refractivity contribution in [2.24, 2.45) is 11.8 Å². The van der Waals surface area contributed by atoms with Gasteiger partial charge in [0.15, 0.2) is 17.6 Å². The summed E-state index contributed by atoms with van der Waals surface area (Å²) in [7, 11) is 0. The van der Waals surface area contributed by atoms with Crippen LogP contribution in [0.25, 0.3) is 12.2 Å². The van der Waals surface area contributed by atoms with Crippen molar-refractivity contribution in [1.29, 1.82) is 0 Å². The third kappa shape index (κ3) is 8.68. The highest BCUT2D eigenvalue weighted by Gasteiger charge is 2.40. The van der Waals surface area contributed by atoms with Crippen LogP contribution in [-0.4, -0.2) is 16.1 Å². The van der Waals surface area contributed by atoms with Crippen LogP contribution in [0.5, 0.6) is 0 Å². The van der Waals surface area contributed by atoms with Crippen molar-refractivity contribution >= 4 is 23.7 Å². The number of rotatable bonds is 9. The summed E-state index contributed by atoms with van der Waals surface area (Å²) in [6.07, 6.45) is 24.6. The largest absolute Gasteiger partial charge is 0.327 e. The number of carbonyl (C=O) groups excluding carboxylic acids is 2. The van der Waals surface area contributed by atoms with E-state index >= 15 is 0 Å². The van der Waals surface area contributed by atoms with Gasteiger partial charge in [0, 0.05) is 28.6 Å². The lowest BCUT2D eigenvalue weighted by Gasteiger charge is -2.32. The molecule has 3 nitrogen and oxygen atoms in total. The molecule has 3 aliphatic rings. The molecule has 1 aromatic rings. The third-order valence-electron chi connectivity index (χ3n) is 7.81. The Balaban J connectivity index is 0.000000547. The molecule has 0 amide bonds. The molecule has 38 heavy (non-hydrogen) atoms. The van der Waals surface area contributed by atoms with E-state index in [0.717, 1.165) is 62.6 Å². The topological polar surface area (TPSA) is 39.1 Å². The van der Waals surface area contributed by atoms with Gasteiger partial charge in [-0.25, -0.2) is 0 Å². The monoisotopic (exact) mass is 521 g/mol. The molecule has 0 radical (unpaired) electrons. The predicted octanol–water partition coefficient (Wildman–Crippen LogP) is 7.97. The molecule has 2 fully saturated rings. The number of hydrogen-bond acceptors (Lipinski definition) is 2. The van der Waals surface area contributed by atoms with Crippen LogP contribution < -0.4 is 10.6 Å². The van der Waals surface area contributed by atoms with Crippen molar-refractivity contribution in [1.82, 2.24) is 4.57 Å². The van der Waals surface area contributed by atoms with Crippen LogP contribution in [-0.2, 0) is 22.4 Å². The molecule has 0 saturated heterocycles. The molecule has 1 atom stereocenters. The van der Waals surface area contributed by atoms with Crippen LogP contribution >= 0.6 is 0 Å². The van der Waals surface area contributed by atoms with Gasteiger partial charge in [-0.1, -0.05) is 109 Å². The molecule has 0 spiro atoms. The summed E-state index contributed by atoms with van der Waals surface area (Å²) in [5.41, 5.74) is 3.85. The van der Waals surface area contributed by atoms with Crippen LogP contribution in [0.2, 0.25) is 0 Å². The summed E-state index contributed by atoms with van der Waals surface area (Å²) in [5.74, 6) is 1.46.